The van der Waals surface area contributed by atoms with Crippen LogP contribution in [0.15, 0.2) is 95.0 Å². The van der Waals surface area contributed by atoms with Gasteiger partial charge in [0.2, 0.25) is 11.9 Å². The first-order valence-electron chi connectivity index (χ1n) is 31.2. The predicted octanol–water partition coefficient (Wildman–Crippen LogP) is 14.4. The maximum Gasteiger partial charge on any atom is 0.410 e. The smallest absolute Gasteiger partial charge is 0.410 e. The van der Waals surface area contributed by atoms with Crippen molar-refractivity contribution < 1.29 is 46.8 Å². The van der Waals surface area contributed by atoms with Crippen molar-refractivity contribution in [2.75, 3.05) is 47.3 Å². The monoisotopic (exact) mass is 1220 g/mol. The van der Waals surface area contributed by atoms with Crippen LogP contribution in [0.25, 0.3) is 0 Å². The van der Waals surface area contributed by atoms with Crippen molar-refractivity contribution in [2.24, 2.45) is 0 Å². The fraction of sp³-hybridized carbons (Fsp3) is 0.459. The lowest BCUT2D eigenvalue weighted by Gasteiger charge is -2.34. The molecular formula is C61H80Cl2N10O8S2. The fourth-order valence-electron chi connectivity index (χ4n) is 8.75. The molecule has 0 radical (unpaired) electrons. The van der Waals surface area contributed by atoms with Crippen LogP contribution in [0.2, 0.25) is 10.0 Å². The van der Waals surface area contributed by atoms with Gasteiger partial charge in [-0.1, -0.05) is 47.5 Å². The normalized spacial score (nSPS) is 18.4. The maximum absolute atomic E-state index is 13.0. The Labute approximate surface area is 511 Å². The Morgan fingerprint density at radius 1 is 0.627 bits per heavy atom. The molecule has 18 nitrogen and oxygen atoms in total. The molecule has 6 aromatic rings. The van der Waals surface area contributed by atoms with E-state index in [0.29, 0.717) is 44.7 Å². The number of carbonyl (C=O) groups excluding carboxylic acids is 1. The molecule has 2 aliphatic heterocycles. The number of likely N-dealkylation sites (tertiary alicyclic amines) is 1. The maximum atomic E-state index is 13.0. The van der Waals surface area contributed by atoms with E-state index in [-0.39, 0.29) is 87.2 Å². The second-order valence-corrected chi connectivity index (χ2v) is 27.8. The van der Waals surface area contributed by atoms with Crippen molar-refractivity contribution in [3.63, 3.8) is 0 Å². The number of hydrogen-bond acceptors (Lipinski definition) is 17. The minimum atomic E-state index is -3.62. The van der Waals surface area contributed by atoms with Gasteiger partial charge in [0.15, 0.2) is 31.3 Å². The second kappa shape index (κ2) is 27.5. The Balaban J connectivity index is 0.000000261. The van der Waals surface area contributed by atoms with Crippen molar-refractivity contribution in [1.82, 2.24) is 30.2 Å². The first-order chi connectivity index (χ1) is 42.0. The summed E-state index contributed by atoms with van der Waals surface area (Å²) in [6, 6.07) is 20.2. The zero-order chi connectivity index (χ0) is 67.7. The largest absolute Gasteiger partial charge is 0.489 e. The Morgan fingerprint density at radius 2 is 1.02 bits per heavy atom. The highest BCUT2D eigenvalue weighted by Gasteiger charge is 2.30. The Morgan fingerprint density at radius 3 is 1.41 bits per heavy atom. The number of anilines is 8. The van der Waals surface area contributed by atoms with Crippen LogP contribution in [0.5, 0.6) is 11.5 Å². The van der Waals surface area contributed by atoms with Crippen molar-refractivity contribution >= 4 is 95.3 Å². The summed E-state index contributed by atoms with van der Waals surface area (Å²) in [6.07, 6.45) is 1.19. The van der Waals surface area contributed by atoms with E-state index in [0.717, 1.165) is 16.7 Å². The van der Waals surface area contributed by atoms with Crippen LogP contribution in [0, 0.1) is 13.8 Å². The van der Waals surface area contributed by atoms with Crippen molar-refractivity contribution in [2.45, 2.75) is 166 Å². The SMILES string of the molecule is [2H]C1([2H])CC(c2cc(OC(C)C)c(Nc3ncc(Cl)c(Nc4ccccc4S(=O)(=O)C(C)C)n3)cc2C)CC([2H])([2H])N1.[2H]C1([2H])CC(c2cc(OC(C)C)c(Nc3ncc(Cl)c(Nc4ccccc4S(=O)(=O)C(C)C)n3)cc2C)CC([2H])([2H])N1C(=O)OC(C)(C)C. The average Bonchev–Trinajstić information content (AvgIpc) is 0.761. The number of benzene rings is 4. The molecule has 2 aliphatic rings. The van der Waals surface area contributed by atoms with E-state index in [4.69, 9.17) is 48.4 Å². The van der Waals surface area contributed by atoms with Crippen LogP contribution in [0.1, 0.15) is 147 Å². The van der Waals surface area contributed by atoms with E-state index in [9.17, 15) is 21.6 Å². The van der Waals surface area contributed by atoms with Crippen LogP contribution in [0.3, 0.4) is 0 Å². The molecule has 5 N–H and O–H groups in total. The van der Waals surface area contributed by atoms with Gasteiger partial charge in [0.1, 0.15) is 27.1 Å². The van der Waals surface area contributed by atoms with Crippen LogP contribution in [-0.4, -0.2) is 102 Å². The third-order valence-corrected chi connectivity index (χ3v) is 17.9. The predicted molar refractivity (Wildman–Crippen MR) is 333 cm³/mol. The Hall–Kier alpha value is -6.45. The lowest BCUT2D eigenvalue weighted by atomic mass is 9.86. The van der Waals surface area contributed by atoms with Crippen molar-refractivity contribution in [3.8, 4) is 11.5 Å². The van der Waals surface area contributed by atoms with Gasteiger partial charge in [-0.25, -0.2) is 31.6 Å². The molecule has 4 aromatic carbocycles. The Kier molecular flexibility index (Phi) is 17.7. The van der Waals surface area contributed by atoms with Gasteiger partial charge in [0, 0.05) is 24.0 Å². The second-order valence-electron chi connectivity index (χ2n) is 22.0. The number of carbonyl (C=O) groups is 1. The molecule has 2 saturated heterocycles. The topological polar surface area (TPSA) is 228 Å². The van der Waals surface area contributed by atoms with Crippen LogP contribution in [0.4, 0.5) is 51.1 Å². The van der Waals surface area contributed by atoms with Gasteiger partial charge in [-0.3, -0.25) is 0 Å². The molecule has 0 aliphatic carbocycles. The number of ether oxygens (including phenoxy) is 3. The fourth-order valence-corrected chi connectivity index (χ4v) is 11.4. The number of rotatable bonds is 18. The van der Waals surface area contributed by atoms with Gasteiger partial charge in [-0.15, -0.1) is 0 Å². The lowest BCUT2D eigenvalue weighted by Crippen LogP contribution is -2.41. The highest BCUT2D eigenvalue weighted by atomic mass is 35.5. The number of halogens is 2. The number of hydrogen-bond donors (Lipinski definition) is 5. The molecule has 2 fully saturated rings. The number of aryl methyl sites for hydroxylation is 2. The number of piperidine rings is 2. The van der Waals surface area contributed by atoms with Crippen LogP contribution < -0.4 is 36.1 Å². The number of aromatic nitrogens is 4. The van der Waals surface area contributed by atoms with E-state index < -0.39 is 73.8 Å². The summed E-state index contributed by atoms with van der Waals surface area (Å²) in [5.74, 6) is 0.600. The van der Waals surface area contributed by atoms with Crippen molar-refractivity contribution in [3.05, 3.63) is 117 Å². The Bertz CT molecular complexity index is 3850. The summed E-state index contributed by atoms with van der Waals surface area (Å²) in [7, 11) is -7.20. The summed E-state index contributed by atoms with van der Waals surface area (Å²) in [5.41, 5.74) is 3.78. The molecule has 83 heavy (non-hydrogen) atoms. The molecule has 0 saturated carbocycles. The van der Waals surface area contributed by atoms with Gasteiger partial charge >= 0.3 is 6.09 Å². The third kappa shape index (κ3) is 16.7. The van der Waals surface area contributed by atoms with Gasteiger partial charge in [0.05, 0.1) is 67.6 Å². The van der Waals surface area contributed by atoms with Crippen molar-refractivity contribution in [1.29, 1.82) is 0 Å². The van der Waals surface area contributed by atoms with Gasteiger partial charge in [0.25, 0.3) is 0 Å². The standard InChI is InChI=1S/C33H44ClN5O5S.C28H36ClN5O3S/c1-20(2)43-28-18-24(23-13-15-39(16-14-23)32(40)44-33(6,7)8)22(5)17-27(28)37-31-35-19-25(34)30(38-31)36-26-11-9-10-12-29(26)45(41,42)21(3)4;1-17(2)37-25-15-21(20-10-12-30-13-11-20)19(5)14-24(25)33-28-31-16-22(29)27(34-28)32-23-8-6-7-9-26(23)38(35,36)18(3)4/h9-12,17-21,23H,13-16H2,1-8H3,(H2,35,36,37,38);6-9,14-18,20,30H,10-13H2,1-5H3,(H2,31,32,33,34)/i15D2,16D2;12D2,13D2. The highest BCUT2D eigenvalue weighted by Crippen LogP contribution is 2.41. The summed E-state index contributed by atoms with van der Waals surface area (Å²) in [6.45, 7) is 14.2. The van der Waals surface area contributed by atoms with Gasteiger partial charge in [-0.05, 0) is 211 Å². The summed E-state index contributed by atoms with van der Waals surface area (Å²) >= 11 is 12.8. The molecule has 1 amide bonds. The summed E-state index contributed by atoms with van der Waals surface area (Å²) in [4.78, 5) is 31.4. The number of amides is 1. The van der Waals surface area contributed by atoms with Gasteiger partial charge < -0.3 is 45.7 Å². The molecule has 0 spiro atoms. The van der Waals surface area contributed by atoms with Crippen LogP contribution in [-0.2, 0) is 24.4 Å². The zero-order valence-electron chi connectivity index (χ0n) is 56.9. The van der Waals surface area contributed by atoms with E-state index in [1.54, 1.807) is 97.0 Å². The molecule has 0 atom stereocenters. The summed E-state index contributed by atoms with van der Waals surface area (Å²) in [5, 5.41) is 13.9. The van der Waals surface area contributed by atoms with E-state index in [1.165, 1.54) is 24.5 Å². The quantitative estimate of drug-likeness (QED) is 0.0539. The van der Waals surface area contributed by atoms with E-state index >= 15 is 0 Å². The van der Waals surface area contributed by atoms with Gasteiger partial charge in [-0.2, -0.15) is 9.97 Å². The average molecular weight is 1220 g/mol. The first kappa shape index (κ1) is 53.3. The minimum absolute atomic E-state index is 0.110. The van der Waals surface area contributed by atoms with E-state index in [2.05, 4.69) is 46.5 Å². The molecule has 22 heteroatoms. The number of para-hydroxylation sites is 2. The third-order valence-electron chi connectivity index (χ3n) is 12.9. The molecule has 0 bridgehead atoms. The molecule has 448 valence electrons. The summed E-state index contributed by atoms with van der Waals surface area (Å²) < 4.78 is 137. The zero-order valence-corrected chi connectivity index (χ0v) is 52.1. The number of sulfone groups is 2. The molecule has 2 aromatic heterocycles. The molecule has 0 unspecified atom stereocenters. The lowest BCUT2D eigenvalue weighted by molar-refractivity contribution is 0.0204. The first-order valence-corrected chi connectivity index (χ1v) is 31.1. The minimum Gasteiger partial charge on any atom is -0.489 e. The molecular weight excluding hydrogens is 1140 g/mol. The number of nitrogens with zero attached hydrogens (tertiary/aromatic N) is 5. The molecule has 4 heterocycles. The highest BCUT2D eigenvalue weighted by molar-refractivity contribution is 7.92. The molecule has 8 rings (SSSR count). The van der Waals surface area contributed by atoms with E-state index in [1.807, 2.05) is 53.7 Å². The number of nitrogens with one attached hydrogen (secondary N) is 5. The van der Waals surface area contributed by atoms with Crippen LogP contribution >= 0.6 is 23.2 Å².